The maximum Gasteiger partial charge on any atom is 0.320 e. The van der Waals surface area contributed by atoms with Crippen molar-refractivity contribution in [2.75, 3.05) is 10.6 Å². The highest BCUT2D eigenvalue weighted by Crippen LogP contribution is 2.36. The Hall–Kier alpha value is -4.92. The van der Waals surface area contributed by atoms with Crippen LogP contribution in [-0.2, 0) is 7.05 Å². The quantitative estimate of drug-likeness (QED) is 0.256. The first-order chi connectivity index (χ1) is 19.5. The number of amides is 2. The van der Waals surface area contributed by atoms with E-state index < -0.39 is 0 Å². The van der Waals surface area contributed by atoms with Gasteiger partial charge in [-0.1, -0.05) is 54.6 Å². The molecule has 1 aliphatic carbocycles. The number of nitrogens with one attached hydrogen (secondary N) is 3. The van der Waals surface area contributed by atoms with Crippen LogP contribution in [0.1, 0.15) is 29.9 Å². The predicted octanol–water partition coefficient (Wildman–Crippen LogP) is 5.52. The van der Waals surface area contributed by atoms with Crippen LogP contribution >= 0.6 is 0 Å². The van der Waals surface area contributed by atoms with Gasteiger partial charge in [-0.25, -0.2) is 14.5 Å². The zero-order chi connectivity index (χ0) is 27.5. The second kappa shape index (κ2) is 11.1. The summed E-state index contributed by atoms with van der Waals surface area (Å²) in [5, 5.41) is 19.1. The zero-order valence-corrected chi connectivity index (χ0v) is 22.5. The second-order valence-electron chi connectivity index (χ2n) is 10.2. The summed E-state index contributed by atoms with van der Waals surface area (Å²) in [6, 6.07) is 25.9. The van der Waals surface area contributed by atoms with Crippen molar-refractivity contribution >= 4 is 17.7 Å². The van der Waals surface area contributed by atoms with E-state index in [9.17, 15) is 4.79 Å². The van der Waals surface area contributed by atoms with Crippen LogP contribution in [0, 0.1) is 6.92 Å². The smallest absolute Gasteiger partial charge is 0.320 e. The van der Waals surface area contributed by atoms with Gasteiger partial charge >= 0.3 is 6.03 Å². The zero-order valence-electron chi connectivity index (χ0n) is 22.5. The maximum absolute atomic E-state index is 13.6. The van der Waals surface area contributed by atoms with Crippen LogP contribution in [-0.4, -0.2) is 42.7 Å². The number of carbonyl (C=O) groups is 1. The Balaban J connectivity index is 1.26. The molecule has 6 rings (SSSR count). The number of rotatable bonds is 7. The number of carbonyl (C=O) groups excluding carboxylic acids is 1. The highest BCUT2D eigenvalue weighted by Gasteiger charge is 2.36. The molecule has 3 atom stereocenters. The number of aryl methyl sites for hydroxylation is 1. The summed E-state index contributed by atoms with van der Waals surface area (Å²) >= 11 is 0. The molecular weight excluding hydrogens is 500 g/mol. The minimum Gasteiger partial charge on any atom is -0.367 e. The Morgan fingerprint density at radius 3 is 2.40 bits per heavy atom. The largest absolute Gasteiger partial charge is 0.367 e. The molecule has 0 radical (unpaired) electrons. The average Bonchev–Trinajstić information content (AvgIpc) is 3.67. The summed E-state index contributed by atoms with van der Waals surface area (Å²) < 4.78 is 3.53. The van der Waals surface area contributed by atoms with Crippen molar-refractivity contribution in [1.82, 2.24) is 29.9 Å². The molecule has 2 amide bonds. The topological polar surface area (TPSA) is 102 Å². The summed E-state index contributed by atoms with van der Waals surface area (Å²) in [4.78, 5) is 18.0. The summed E-state index contributed by atoms with van der Waals surface area (Å²) in [7, 11) is 1.88. The standard InChI is InChI=1S/C31H32N8O/c1-21-29(23-19-33-38(2)20-23)37-39(25-13-7-4-8-14-25)30(21)36-31(40)35-27-18-24(34-28-15-9-10-16-32-28)17-26(27)22-11-5-3-6-12-22/h3-16,19-20,24,26-27H,17-18H2,1-2H3,(H,32,34)(H2,35,36,40)/t24-,26-,27+/m0/s1. The van der Waals surface area contributed by atoms with Gasteiger partial charge in [-0.05, 0) is 49.6 Å². The van der Waals surface area contributed by atoms with Crippen molar-refractivity contribution in [2.24, 2.45) is 7.05 Å². The van der Waals surface area contributed by atoms with E-state index in [4.69, 9.17) is 5.10 Å². The van der Waals surface area contributed by atoms with Gasteiger partial charge in [0.05, 0.1) is 11.9 Å². The number of hydrogen-bond donors (Lipinski definition) is 3. The molecule has 1 saturated carbocycles. The lowest BCUT2D eigenvalue weighted by Gasteiger charge is -2.21. The lowest BCUT2D eigenvalue weighted by atomic mass is 9.94. The van der Waals surface area contributed by atoms with Crippen molar-refractivity contribution in [1.29, 1.82) is 0 Å². The van der Waals surface area contributed by atoms with Crippen LogP contribution in [0.15, 0.2) is 97.5 Å². The molecule has 3 heterocycles. The third-order valence-electron chi connectivity index (χ3n) is 7.46. The number of hydrogen-bond acceptors (Lipinski definition) is 5. The molecule has 0 aliphatic heterocycles. The molecule has 3 N–H and O–H groups in total. The van der Waals surface area contributed by atoms with Crippen LogP contribution < -0.4 is 16.0 Å². The Labute approximate surface area is 233 Å². The van der Waals surface area contributed by atoms with Gasteiger partial charge in [-0.3, -0.25) is 10.00 Å². The summed E-state index contributed by atoms with van der Waals surface area (Å²) in [5.41, 5.74) is 4.60. The van der Waals surface area contributed by atoms with E-state index in [-0.39, 0.29) is 24.0 Å². The fourth-order valence-electron chi connectivity index (χ4n) is 5.57. The third kappa shape index (κ3) is 5.31. The van der Waals surface area contributed by atoms with Crippen LogP contribution in [0.4, 0.5) is 16.4 Å². The molecule has 0 bridgehead atoms. The fourth-order valence-corrected chi connectivity index (χ4v) is 5.57. The van der Waals surface area contributed by atoms with Gasteiger partial charge in [0.15, 0.2) is 0 Å². The van der Waals surface area contributed by atoms with Crippen molar-refractivity contribution < 1.29 is 4.79 Å². The van der Waals surface area contributed by atoms with E-state index in [2.05, 4.69) is 38.2 Å². The van der Waals surface area contributed by atoms with E-state index in [1.807, 2.05) is 86.9 Å². The molecular formula is C31H32N8O. The van der Waals surface area contributed by atoms with Crippen LogP contribution in [0.2, 0.25) is 0 Å². The summed E-state index contributed by atoms with van der Waals surface area (Å²) in [6.45, 7) is 1.97. The minimum atomic E-state index is -0.262. The molecule has 202 valence electrons. The van der Waals surface area contributed by atoms with Crippen molar-refractivity contribution in [3.05, 3.63) is 109 Å². The second-order valence-corrected chi connectivity index (χ2v) is 10.2. The SMILES string of the molecule is Cc1c(-c2cnn(C)c2)nn(-c2ccccc2)c1NC(=O)N[C@@H]1C[C@@H](Nc2ccccn2)C[C@H]1c1ccccc1. The van der Waals surface area contributed by atoms with Gasteiger partial charge in [-0.2, -0.15) is 10.2 Å². The van der Waals surface area contributed by atoms with E-state index in [0.29, 0.717) is 5.82 Å². The number of pyridine rings is 1. The van der Waals surface area contributed by atoms with Gasteiger partial charge in [0.25, 0.3) is 0 Å². The van der Waals surface area contributed by atoms with Crippen molar-refractivity contribution in [3.63, 3.8) is 0 Å². The van der Waals surface area contributed by atoms with E-state index in [0.717, 1.165) is 41.2 Å². The first-order valence-corrected chi connectivity index (χ1v) is 13.5. The Morgan fingerprint density at radius 1 is 0.950 bits per heavy atom. The average molecular weight is 533 g/mol. The molecule has 3 aromatic heterocycles. The highest BCUT2D eigenvalue weighted by molar-refractivity contribution is 5.91. The number of nitrogens with zero attached hydrogens (tertiary/aromatic N) is 5. The molecule has 9 heteroatoms. The first kappa shape index (κ1) is 25.4. The first-order valence-electron chi connectivity index (χ1n) is 13.5. The molecule has 1 aliphatic rings. The number of anilines is 2. The normalized spacial score (nSPS) is 18.4. The highest BCUT2D eigenvalue weighted by atomic mass is 16.2. The van der Waals surface area contributed by atoms with E-state index in [1.54, 1.807) is 21.8 Å². The maximum atomic E-state index is 13.6. The number of urea groups is 1. The molecule has 0 spiro atoms. The van der Waals surface area contributed by atoms with Crippen molar-refractivity contribution in [3.8, 4) is 16.9 Å². The molecule has 1 fully saturated rings. The molecule has 9 nitrogen and oxygen atoms in total. The van der Waals surface area contributed by atoms with E-state index in [1.165, 1.54) is 5.56 Å². The minimum absolute atomic E-state index is 0.0604. The van der Waals surface area contributed by atoms with Crippen LogP contribution in [0.25, 0.3) is 16.9 Å². The van der Waals surface area contributed by atoms with Gasteiger partial charge in [0, 0.05) is 48.6 Å². The lowest BCUT2D eigenvalue weighted by Crippen LogP contribution is -2.40. The lowest BCUT2D eigenvalue weighted by molar-refractivity contribution is 0.247. The summed E-state index contributed by atoms with van der Waals surface area (Å²) in [5.74, 6) is 1.63. The number of para-hydroxylation sites is 1. The fraction of sp³-hybridized carbons (Fsp3) is 0.226. The van der Waals surface area contributed by atoms with Gasteiger partial charge in [0.1, 0.15) is 17.3 Å². The van der Waals surface area contributed by atoms with Gasteiger partial charge < -0.3 is 10.6 Å². The van der Waals surface area contributed by atoms with E-state index >= 15 is 0 Å². The molecule has 40 heavy (non-hydrogen) atoms. The Kier molecular flexibility index (Phi) is 7.01. The molecule has 0 unspecified atom stereocenters. The molecule has 5 aromatic rings. The van der Waals surface area contributed by atoms with Gasteiger partial charge in [-0.15, -0.1) is 0 Å². The number of benzene rings is 2. The third-order valence-corrected chi connectivity index (χ3v) is 7.46. The number of aromatic nitrogens is 5. The van der Waals surface area contributed by atoms with Crippen LogP contribution in [0.5, 0.6) is 0 Å². The van der Waals surface area contributed by atoms with Crippen LogP contribution in [0.3, 0.4) is 0 Å². The molecule has 2 aromatic carbocycles. The molecule has 0 saturated heterocycles. The summed E-state index contributed by atoms with van der Waals surface area (Å²) in [6.07, 6.45) is 7.16. The van der Waals surface area contributed by atoms with Gasteiger partial charge in [0.2, 0.25) is 0 Å². The monoisotopic (exact) mass is 532 g/mol. The van der Waals surface area contributed by atoms with Crippen molar-refractivity contribution in [2.45, 2.75) is 37.8 Å². The predicted molar refractivity (Wildman–Crippen MR) is 157 cm³/mol. The Morgan fingerprint density at radius 2 is 1.70 bits per heavy atom. The Bertz CT molecular complexity index is 1580.